The lowest BCUT2D eigenvalue weighted by molar-refractivity contribution is -0.145. The number of imidazole rings is 1. The van der Waals surface area contributed by atoms with Gasteiger partial charge in [-0.05, 0) is 35.9 Å². The summed E-state index contributed by atoms with van der Waals surface area (Å²) in [6.45, 7) is 0. The second-order valence-electron chi connectivity index (χ2n) is 8.39. The zero-order valence-electron chi connectivity index (χ0n) is 19.4. The van der Waals surface area contributed by atoms with Gasteiger partial charge in [0.05, 0.1) is 18.1 Å². The number of ether oxygens (including phenoxy) is 1. The Balaban J connectivity index is 1.33. The lowest BCUT2D eigenvalue weighted by atomic mass is 10.0. The molecule has 176 valence electrons. The van der Waals surface area contributed by atoms with Gasteiger partial charge in [0.1, 0.15) is 11.9 Å². The number of hydrogen-bond acceptors (Lipinski definition) is 4. The quantitative estimate of drug-likeness (QED) is 0.333. The van der Waals surface area contributed by atoms with Gasteiger partial charge in [0.15, 0.2) is 0 Å². The number of amides is 1. The lowest BCUT2D eigenvalue weighted by Gasteiger charge is -2.16. The first-order valence-corrected chi connectivity index (χ1v) is 11.6. The molecule has 7 heteroatoms. The first-order valence-electron chi connectivity index (χ1n) is 11.6. The number of carbonyl (C=O) groups is 2. The molecule has 1 amide bonds. The van der Waals surface area contributed by atoms with Crippen LogP contribution in [0.25, 0.3) is 27.6 Å². The molecule has 2 N–H and O–H groups in total. The topological polar surface area (TPSA) is 89.0 Å². The third-order valence-electron chi connectivity index (χ3n) is 6.14. The van der Waals surface area contributed by atoms with Crippen molar-refractivity contribution in [3.8, 4) is 5.69 Å². The molecule has 0 saturated heterocycles. The highest BCUT2D eigenvalue weighted by molar-refractivity contribution is 5.87. The van der Waals surface area contributed by atoms with Gasteiger partial charge >= 0.3 is 5.97 Å². The monoisotopic (exact) mass is 466 g/mol. The van der Waals surface area contributed by atoms with E-state index in [4.69, 9.17) is 9.72 Å². The fraction of sp³-hybridized carbons (Fsp3) is 0.179. The Labute approximate surface area is 202 Å². The third-order valence-corrected chi connectivity index (χ3v) is 6.14. The van der Waals surface area contributed by atoms with Crippen LogP contribution in [0.15, 0.2) is 85.1 Å². The van der Waals surface area contributed by atoms with Gasteiger partial charge in [-0.25, -0.2) is 9.78 Å². The Bertz CT molecular complexity index is 1490. The van der Waals surface area contributed by atoms with Gasteiger partial charge in [-0.3, -0.25) is 9.36 Å². The number of aryl methyl sites for hydroxylation is 1. The molecule has 0 saturated carbocycles. The molecule has 0 radical (unpaired) electrons. The second-order valence-corrected chi connectivity index (χ2v) is 8.39. The highest BCUT2D eigenvalue weighted by Crippen LogP contribution is 2.23. The summed E-state index contributed by atoms with van der Waals surface area (Å²) in [5, 5.41) is 3.89. The van der Waals surface area contributed by atoms with Crippen LogP contribution in [-0.2, 0) is 27.2 Å². The van der Waals surface area contributed by atoms with Crippen LogP contribution in [0.4, 0.5) is 0 Å². The third kappa shape index (κ3) is 4.66. The Morgan fingerprint density at radius 3 is 2.57 bits per heavy atom. The Kier molecular flexibility index (Phi) is 6.30. The molecule has 35 heavy (non-hydrogen) atoms. The maximum atomic E-state index is 12.9. The molecule has 0 aliphatic rings. The number of methoxy groups -OCH3 is 1. The fourth-order valence-corrected chi connectivity index (χ4v) is 4.46. The minimum absolute atomic E-state index is 0.192. The second kappa shape index (κ2) is 9.85. The van der Waals surface area contributed by atoms with Gasteiger partial charge in [0.2, 0.25) is 5.91 Å². The summed E-state index contributed by atoms with van der Waals surface area (Å²) in [5.41, 5.74) is 4.78. The molecule has 1 unspecified atom stereocenters. The van der Waals surface area contributed by atoms with E-state index < -0.39 is 12.0 Å². The molecular weight excluding hydrogens is 440 g/mol. The van der Waals surface area contributed by atoms with E-state index >= 15 is 0 Å². The zero-order chi connectivity index (χ0) is 24.2. The van der Waals surface area contributed by atoms with Crippen LogP contribution < -0.4 is 5.32 Å². The number of esters is 1. The van der Waals surface area contributed by atoms with E-state index in [1.54, 1.807) is 0 Å². The number of aromatic nitrogens is 3. The number of nitrogens with one attached hydrogen (secondary N) is 2. The van der Waals surface area contributed by atoms with Crippen LogP contribution in [0.5, 0.6) is 0 Å². The summed E-state index contributed by atoms with van der Waals surface area (Å²) in [4.78, 5) is 33.4. The SMILES string of the molecule is COC(=O)C(Cc1c[nH]c2ccccc12)NC(=O)CCc1nc2ccccc2n1-c1ccccc1. The molecule has 0 bridgehead atoms. The summed E-state index contributed by atoms with van der Waals surface area (Å²) in [5.74, 6) is 0.0888. The smallest absolute Gasteiger partial charge is 0.328 e. The van der Waals surface area contributed by atoms with Crippen molar-refractivity contribution in [1.82, 2.24) is 19.9 Å². The van der Waals surface area contributed by atoms with Gasteiger partial charge in [-0.1, -0.05) is 48.5 Å². The number of H-pyrrole nitrogens is 1. The summed E-state index contributed by atoms with van der Waals surface area (Å²) in [6, 6.07) is 25.0. The standard InChI is InChI=1S/C28H26N4O3/c1-35-28(34)24(17-19-18-29-22-12-6-5-11-21(19)22)31-27(33)16-15-26-30-23-13-7-8-14-25(23)32(26)20-9-3-2-4-10-20/h2-14,18,24,29H,15-17H2,1H3,(H,31,33). The van der Waals surface area contributed by atoms with Crippen LogP contribution in [0, 0.1) is 0 Å². The van der Waals surface area contributed by atoms with Gasteiger partial charge in [-0.15, -0.1) is 0 Å². The first-order chi connectivity index (χ1) is 17.1. The summed E-state index contributed by atoms with van der Waals surface area (Å²) >= 11 is 0. The highest BCUT2D eigenvalue weighted by atomic mass is 16.5. The average molecular weight is 467 g/mol. The minimum Gasteiger partial charge on any atom is -0.467 e. The molecule has 7 nitrogen and oxygen atoms in total. The number of carbonyl (C=O) groups excluding carboxylic acids is 2. The van der Waals surface area contributed by atoms with E-state index in [9.17, 15) is 9.59 Å². The van der Waals surface area contributed by atoms with Gasteiger partial charge in [-0.2, -0.15) is 0 Å². The molecule has 5 aromatic rings. The molecular formula is C28H26N4O3. The molecule has 0 spiro atoms. The van der Waals surface area contributed by atoms with Crippen LogP contribution >= 0.6 is 0 Å². The molecule has 3 aromatic carbocycles. The van der Waals surface area contributed by atoms with E-state index in [0.29, 0.717) is 12.8 Å². The maximum absolute atomic E-state index is 12.9. The number of hydrogen-bond donors (Lipinski definition) is 2. The highest BCUT2D eigenvalue weighted by Gasteiger charge is 2.24. The summed E-state index contributed by atoms with van der Waals surface area (Å²) in [7, 11) is 1.33. The Morgan fingerprint density at radius 1 is 1.00 bits per heavy atom. The predicted octanol–water partition coefficient (Wildman–Crippen LogP) is 4.34. The van der Waals surface area contributed by atoms with Crippen molar-refractivity contribution < 1.29 is 14.3 Å². The number of benzene rings is 3. The zero-order valence-corrected chi connectivity index (χ0v) is 19.4. The van der Waals surface area contributed by atoms with Gasteiger partial charge < -0.3 is 15.0 Å². The van der Waals surface area contributed by atoms with Crippen LogP contribution in [-0.4, -0.2) is 39.6 Å². The van der Waals surface area contributed by atoms with Crippen LogP contribution in [0.1, 0.15) is 17.8 Å². The molecule has 2 heterocycles. The molecule has 0 fully saturated rings. The Hall–Kier alpha value is -4.39. The van der Waals surface area contributed by atoms with Crippen molar-refractivity contribution in [3.63, 3.8) is 0 Å². The number of fused-ring (bicyclic) bond motifs is 2. The Morgan fingerprint density at radius 2 is 1.74 bits per heavy atom. The summed E-state index contributed by atoms with van der Waals surface area (Å²) in [6.07, 6.45) is 2.83. The number of rotatable bonds is 8. The largest absolute Gasteiger partial charge is 0.467 e. The van der Waals surface area contributed by atoms with Crippen molar-refractivity contribution in [1.29, 1.82) is 0 Å². The van der Waals surface area contributed by atoms with Crippen molar-refractivity contribution in [3.05, 3.63) is 96.4 Å². The minimum atomic E-state index is -0.778. The number of aromatic amines is 1. The van der Waals surface area contributed by atoms with Crippen molar-refractivity contribution in [2.75, 3.05) is 7.11 Å². The van der Waals surface area contributed by atoms with Gasteiger partial charge in [0, 0.05) is 42.0 Å². The van der Waals surface area contributed by atoms with Crippen molar-refractivity contribution in [2.45, 2.75) is 25.3 Å². The summed E-state index contributed by atoms with van der Waals surface area (Å²) < 4.78 is 7.05. The molecule has 0 aliphatic heterocycles. The van der Waals surface area contributed by atoms with Crippen LogP contribution in [0.2, 0.25) is 0 Å². The first kappa shape index (κ1) is 22.4. The van der Waals surface area contributed by atoms with E-state index in [0.717, 1.165) is 39.0 Å². The molecule has 0 aliphatic carbocycles. The predicted molar refractivity (Wildman–Crippen MR) is 135 cm³/mol. The van der Waals surface area contributed by atoms with Crippen molar-refractivity contribution >= 4 is 33.8 Å². The van der Waals surface area contributed by atoms with Crippen LogP contribution in [0.3, 0.4) is 0 Å². The average Bonchev–Trinajstić information content (AvgIpc) is 3.48. The molecule has 1 atom stereocenters. The number of nitrogens with zero attached hydrogens (tertiary/aromatic N) is 2. The van der Waals surface area contributed by atoms with E-state index in [1.807, 2.05) is 85.1 Å². The van der Waals surface area contributed by atoms with Crippen molar-refractivity contribution in [2.24, 2.45) is 0 Å². The van der Waals surface area contributed by atoms with E-state index in [2.05, 4.69) is 14.9 Å². The molecule has 2 aromatic heterocycles. The molecule has 5 rings (SSSR count). The van der Waals surface area contributed by atoms with E-state index in [-0.39, 0.29) is 12.3 Å². The van der Waals surface area contributed by atoms with E-state index in [1.165, 1.54) is 7.11 Å². The number of para-hydroxylation sites is 4. The fourth-order valence-electron chi connectivity index (χ4n) is 4.46. The normalized spacial score (nSPS) is 12.0. The maximum Gasteiger partial charge on any atom is 0.328 e. The lowest BCUT2D eigenvalue weighted by Crippen LogP contribution is -2.43. The van der Waals surface area contributed by atoms with Gasteiger partial charge in [0.25, 0.3) is 0 Å².